The quantitative estimate of drug-likeness (QED) is 0.649. The van der Waals surface area contributed by atoms with E-state index in [1.807, 2.05) is 6.92 Å². The first kappa shape index (κ1) is 17.2. The van der Waals surface area contributed by atoms with Crippen LogP contribution < -0.4 is 5.32 Å². The van der Waals surface area contributed by atoms with Crippen molar-refractivity contribution in [1.29, 1.82) is 0 Å². The van der Waals surface area contributed by atoms with E-state index in [2.05, 4.69) is 5.32 Å². The number of hydrogen-bond acceptors (Lipinski definition) is 3. The lowest BCUT2D eigenvalue weighted by Crippen LogP contribution is -2.35. The summed E-state index contributed by atoms with van der Waals surface area (Å²) in [7, 11) is 0. The second-order valence-corrected chi connectivity index (χ2v) is 4.78. The number of carbonyl (C=O) groups excluding carboxylic acids is 2. The van der Waals surface area contributed by atoms with Gasteiger partial charge in [-0.1, -0.05) is 24.6 Å². The lowest BCUT2D eigenvalue weighted by Gasteiger charge is -2.11. The molecule has 0 unspecified atom stereocenters. The molecule has 0 saturated heterocycles. The average molecular weight is 314 g/mol. The summed E-state index contributed by atoms with van der Waals surface area (Å²) in [5, 5.41) is 2.60. The highest BCUT2D eigenvalue weighted by Crippen LogP contribution is 2.16. The van der Waals surface area contributed by atoms with Crippen molar-refractivity contribution in [2.24, 2.45) is 0 Å². The van der Waals surface area contributed by atoms with Gasteiger partial charge >= 0.3 is 5.97 Å². The zero-order chi connectivity index (χ0) is 15.8. The van der Waals surface area contributed by atoms with E-state index in [1.165, 1.54) is 31.2 Å². The third kappa shape index (κ3) is 5.95. The van der Waals surface area contributed by atoms with Crippen LogP contribution in [0, 0.1) is 5.82 Å². The second kappa shape index (κ2) is 8.42. The van der Waals surface area contributed by atoms with Crippen molar-refractivity contribution in [1.82, 2.24) is 5.32 Å². The van der Waals surface area contributed by atoms with E-state index in [0.29, 0.717) is 12.1 Å². The number of benzene rings is 1. The van der Waals surface area contributed by atoms with Crippen molar-refractivity contribution in [2.75, 3.05) is 6.54 Å². The molecule has 1 rings (SSSR count). The van der Waals surface area contributed by atoms with Crippen LogP contribution in [0.25, 0.3) is 6.08 Å². The molecule has 0 saturated carbocycles. The maximum atomic E-state index is 13.0. The van der Waals surface area contributed by atoms with Crippen molar-refractivity contribution in [2.45, 2.75) is 26.4 Å². The van der Waals surface area contributed by atoms with Gasteiger partial charge in [0.2, 0.25) is 0 Å². The van der Waals surface area contributed by atoms with Crippen molar-refractivity contribution in [3.63, 3.8) is 0 Å². The zero-order valence-electron chi connectivity index (χ0n) is 11.9. The van der Waals surface area contributed by atoms with E-state index in [1.54, 1.807) is 0 Å². The van der Waals surface area contributed by atoms with Crippen LogP contribution in [0.2, 0.25) is 5.02 Å². The smallest absolute Gasteiger partial charge is 0.331 e. The van der Waals surface area contributed by atoms with Crippen LogP contribution in [0.4, 0.5) is 4.39 Å². The molecule has 0 aliphatic carbocycles. The largest absolute Gasteiger partial charge is 0.449 e. The first-order valence-electron chi connectivity index (χ1n) is 6.55. The van der Waals surface area contributed by atoms with Gasteiger partial charge in [0.25, 0.3) is 5.91 Å². The fourth-order valence-corrected chi connectivity index (χ4v) is 1.63. The monoisotopic (exact) mass is 313 g/mol. The minimum atomic E-state index is -0.870. The van der Waals surface area contributed by atoms with Gasteiger partial charge in [0.05, 0.1) is 5.02 Å². The Morgan fingerprint density at radius 3 is 2.81 bits per heavy atom. The van der Waals surface area contributed by atoms with Gasteiger partial charge in [0.15, 0.2) is 6.10 Å². The molecule has 6 heteroatoms. The first-order valence-corrected chi connectivity index (χ1v) is 6.93. The van der Waals surface area contributed by atoms with Crippen LogP contribution in [0.15, 0.2) is 24.3 Å². The highest BCUT2D eigenvalue weighted by Gasteiger charge is 2.15. The number of esters is 1. The minimum Gasteiger partial charge on any atom is -0.449 e. The number of hydrogen-bond donors (Lipinski definition) is 1. The third-order valence-corrected chi connectivity index (χ3v) is 2.86. The van der Waals surface area contributed by atoms with Gasteiger partial charge in [-0.2, -0.15) is 0 Å². The number of rotatable bonds is 6. The molecule has 0 heterocycles. The molecular weight excluding hydrogens is 297 g/mol. The van der Waals surface area contributed by atoms with Crippen molar-refractivity contribution in [3.8, 4) is 0 Å². The SMILES string of the molecule is CCCNC(=O)[C@H](C)OC(=O)/C=C/c1ccc(F)c(Cl)c1. The normalized spacial score (nSPS) is 12.2. The molecule has 0 aliphatic rings. The summed E-state index contributed by atoms with van der Waals surface area (Å²) < 4.78 is 17.9. The molecule has 4 nitrogen and oxygen atoms in total. The fourth-order valence-electron chi connectivity index (χ4n) is 1.44. The van der Waals surface area contributed by atoms with E-state index in [0.717, 1.165) is 12.5 Å². The van der Waals surface area contributed by atoms with Gasteiger partial charge in [-0.25, -0.2) is 9.18 Å². The molecule has 0 bridgehead atoms. The van der Waals surface area contributed by atoms with Crippen molar-refractivity contribution < 1.29 is 18.7 Å². The van der Waals surface area contributed by atoms with Crippen LogP contribution in [0.3, 0.4) is 0 Å². The van der Waals surface area contributed by atoms with Gasteiger partial charge in [-0.3, -0.25) is 4.79 Å². The van der Waals surface area contributed by atoms with Gasteiger partial charge in [-0.05, 0) is 37.1 Å². The Labute approximate surface area is 127 Å². The standard InChI is InChI=1S/C15H17ClFNO3/c1-3-8-18-15(20)10(2)21-14(19)7-5-11-4-6-13(17)12(16)9-11/h4-7,9-10H,3,8H2,1-2H3,(H,18,20)/b7-5+/t10-/m0/s1. The summed E-state index contributed by atoms with van der Waals surface area (Å²) in [4.78, 5) is 23.1. The van der Waals surface area contributed by atoms with E-state index >= 15 is 0 Å². The van der Waals surface area contributed by atoms with Crippen molar-refractivity contribution in [3.05, 3.63) is 40.7 Å². The molecule has 1 aromatic rings. The van der Waals surface area contributed by atoms with Crippen LogP contribution in [0.1, 0.15) is 25.8 Å². The number of ether oxygens (including phenoxy) is 1. The maximum Gasteiger partial charge on any atom is 0.331 e. The molecule has 114 valence electrons. The molecule has 1 amide bonds. The predicted octanol–water partition coefficient (Wildman–Crippen LogP) is 2.95. The van der Waals surface area contributed by atoms with Gasteiger partial charge in [0.1, 0.15) is 5.82 Å². The van der Waals surface area contributed by atoms with Crippen LogP contribution in [0.5, 0.6) is 0 Å². The minimum absolute atomic E-state index is 0.0298. The lowest BCUT2D eigenvalue weighted by atomic mass is 10.2. The van der Waals surface area contributed by atoms with E-state index < -0.39 is 17.9 Å². The maximum absolute atomic E-state index is 13.0. The summed E-state index contributed by atoms with van der Waals surface area (Å²) in [6.45, 7) is 3.95. The zero-order valence-corrected chi connectivity index (χ0v) is 12.6. The molecule has 21 heavy (non-hydrogen) atoms. The first-order chi connectivity index (χ1) is 9.93. The molecule has 0 aromatic heterocycles. The van der Waals surface area contributed by atoms with Crippen LogP contribution >= 0.6 is 11.6 Å². The molecule has 0 spiro atoms. The Morgan fingerprint density at radius 2 is 2.19 bits per heavy atom. The molecular formula is C15H17ClFNO3. The molecule has 1 atom stereocenters. The lowest BCUT2D eigenvalue weighted by molar-refractivity contribution is -0.150. The average Bonchev–Trinajstić information content (AvgIpc) is 2.45. The van der Waals surface area contributed by atoms with Gasteiger partial charge in [0, 0.05) is 12.6 Å². The van der Waals surface area contributed by atoms with Crippen LogP contribution in [-0.2, 0) is 14.3 Å². The Bertz CT molecular complexity index is 546. The highest BCUT2D eigenvalue weighted by atomic mass is 35.5. The summed E-state index contributed by atoms with van der Waals surface area (Å²) in [5.74, 6) is -1.53. The number of amides is 1. The summed E-state index contributed by atoms with van der Waals surface area (Å²) in [5.41, 5.74) is 0.557. The second-order valence-electron chi connectivity index (χ2n) is 4.38. The number of carbonyl (C=O) groups is 2. The van der Waals surface area contributed by atoms with E-state index in [-0.39, 0.29) is 10.9 Å². The van der Waals surface area contributed by atoms with Gasteiger partial charge in [-0.15, -0.1) is 0 Å². The summed E-state index contributed by atoms with van der Waals surface area (Å²) >= 11 is 5.63. The molecule has 0 aliphatic heterocycles. The van der Waals surface area contributed by atoms with Crippen molar-refractivity contribution >= 4 is 29.6 Å². The molecule has 1 N–H and O–H groups in total. The Hall–Kier alpha value is -1.88. The van der Waals surface area contributed by atoms with Gasteiger partial charge < -0.3 is 10.1 Å². The number of nitrogens with one attached hydrogen (secondary N) is 1. The highest BCUT2D eigenvalue weighted by molar-refractivity contribution is 6.30. The molecule has 0 fully saturated rings. The number of halogens is 2. The summed E-state index contributed by atoms with van der Waals surface area (Å²) in [6.07, 6.45) is 2.53. The van der Waals surface area contributed by atoms with E-state index in [4.69, 9.17) is 16.3 Å². The Morgan fingerprint density at radius 1 is 1.48 bits per heavy atom. The summed E-state index contributed by atoms with van der Waals surface area (Å²) in [6, 6.07) is 4.06. The topological polar surface area (TPSA) is 55.4 Å². The molecule has 1 aromatic carbocycles. The van der Waals surface area contributed by atoms with E-state index in [9.17, 15) is 14.0 Å². The molecule has 0 radical (unpaired) electrons. The van der Waals surface area contributed by atoms with Crippen LogP contribution in [-0.4, -0.2) is 24.5 Å². The predicted molar refractivity (Wildman–Crippen MR) is 79.3 cm³/mol. The Balaban J connectivity index is 2.54. The third-order valence-electron chi connectivity index (χ3n) is 2.57. The Kier molecular flexibility index (Phi) is 6.88. The fraction of sp³-hybridized carbons (Fsp3) is 0.333.